The van der Waals surface area contributed by atoms with Crippen molar-refractivity contribution in [2.24, 2.45) is 0 Å². The normalized spacial score (nSPS) is 15.9. The molecule has 1 aliphatic heterocycles. The van der Waals surface area contributed by atoms with Gasteiger partial charge >= 0.3 is 0 Å². The van der Waals surface area contributed by atoms with Gasteiger partial charge in [0.1, 0.15) is 17.8 Å². The summed E-state index contributed by atoms with van der Waals surface area (Å²) in [4.78, 5) is 24.7. The van der Waals surface area contributed by atoms with Crippen LogP contribution in [0.15, 0.2) is 30.6 Å². The van der Waals surface area contributed by atoms with Crippen molar-refractivity contribution in [2.45, 2.75) is 51.7 Å². The number of nitrogens with one attached hydrogen (secondary N) is 1. The topological polar surface area (TPSA) is 88.8 Å². The molecule has 1 amide bonds. The van der Waals surface area contributed by atoms with Gasteiger partial charge in [0.2, 0.25) is 0 Å². The summed E-state index contributed by atoms with van der Waals surface area (Å²) in [5, 5.41) is 11.5. The molecule has 0 atom stereocenters. The molecule has 2 aliphatic rings. The maximum atomic E-state index is 13.3. The van der Waals surface area contributed by atoms with Crippen LogP contribution >= 0.6 is 0 Å². The van der Waals surface area contributed by atoms with Gasteiger partial charge in [-0.1, -0.05) is 6.07 Å². The maximum absolute atomic E-state index is 13.3. The highest BCUT2D eigenvalue weighted by atomic mass is 16.2. The molecule has 1 saturated carbocycles. The Morgan fingerprint density at radius 2 is 2.07 bits per heavy atom. The van der Waals surface area contributed by atoms with Gasteiger partial charge in [0.05, 0.1) is 12.2 Å². The van der Waals surface area contributed by atoms with Crippen molar-refractivity contribution < 1.29 is 4.79 Å². The van der Waals surface area contributed by atoms with Crippen molar-refractivity contribution in [3.63, 3.8) is 0 Å². The number of aromatic nitrogens is 5. The number of rotatable bonds is 6. The zero-order valence-electron chi connectivity index (χ0n) is 17.5. The monoisotopic (exact) mass is 403 g/mol. The second kappa shape index (κ2) is 7.28. The molecule has 0 bridgehead atoms. The molecule has 1 N–H and O–H groups in total. The van der Waals surface area contributed by atoms with Crippen molar-refractivity contribution in [3.05, 3.63) is 53.1 Å². The number of pyridine rings is 2. The summed E-state index contributed by atoms with van der Waals surface area (Å²) in [6.07, 6.45) is 4.02. The van der Waals surface area contributed by atoms with E-state index >= 15 is 0 Å². The highest BCUT2D eigenvalue weighted by molar-refractivity contribution is 6.09. The van der Waals surface area contributed by atoms with E-state index in [0.717, 1.165) is 35.4 Å². The average molecular weight is 403 g/mol. The van der Waals surface area contributed by atoms with E-state index in [9.17, 15) is 4.79 Å². The fraction of sp³-hybridized carbons (Fsp3) is 0.409. The van der Waals surface area contributed by atoms with Gasteiger partial charge in [0.25, 0.3) is 5.91 Å². The molecule has 0 aromatic carbocycles. The minimum atomic E-state index is -0.0124. The first-order valence-electron chi connectivity index (χ1n) is 10.4. The van der Waals surface area contributed by atoms with Crippen molar-refractivity contribution in [2.75, 3.05) is 11.9 Å². The number of hydrogen-bond acceptors (Lipinski definition) is 6. The van der Waals surface area contributed by atoms with E-state index in [-0.39, 0.29) is 11.9 Å². The summed E-state index contributed by atoms with van der Waals surface area (Å²) in [6, 6.07) is 7.90. The predicted octanol–water partition coefficient (Wildman–Crippen LogP) is 3.07. The molecule has 3 aromatic rings. The van der Waals surface area contributed by atoms with E-state index < -0.39 is 0 Å². The van der Waals surface area contributed by atoms with Gasteiger partial charge in [-0.25, -0.2) is 4.98 Å². The number of anilines is 1. The molecular weight excluding hydrogens is 378 g/mol. The van der Waals surface area contributed by atoms with Gasteiger partial charge in [-0.15, -0.1) is 10.2 Å². The minimum Gasteiger partial charge on any atom is -0.314 e. The molecule has 8 nitrogen and oxygen atoms in total. The smallest absolute Gasteiger partial charge is 0.260 e. The van der Waals surface area contributed by atoms with E-state index in [1.165, 1.54) is 0 Å². The first-order chi connectivity index (χ1) is 14.6. The second-order valence-corrected chi connectivity index (χ2v) is 8.25. The predicted molar refractivity (Wildman–Crippen MR) is 113 cm³/mol. The largest absolute Gasteiger partial charge is 0.314 e. The van der Waals surface area contributed by atoms with Crippen molar-refractivity contribution in [1.29, 1.82) is 0 Å². The van der Waals surface area contributed by atoms with Crippen LogP contribution in [0.2, 0.25) is 0 Å². The number of carbonyl (C=O) groups excluding carboxylic acids is 1. The lowest BCUT2D eigenvalue weighted by molar-refractivity contribution is 0.0996. The first kappa shape index (κ1) is 18.9. The lowest BCUT2D eigenvalue weighted by atomic mass is 10.1. The van der Waals surface area contributed by atoms with Gasteiger partial charge < -0.3 is 9.88 Å². The Bertz CT molecular complexity index is 1120. The van der Waals surface area contributed by atoms with Crippen LogP contribution in [0.1, 0.15) is 66.0 Å². The van der Waals surface area contributed by atoms with E-state index in [1.54, 1.807) is 11.2 Å². The summed E-state index contributed by atoms with van der Waals surface area (Å²) in [6.45, 7) is 5.28. The Labute approximate surface area is 175 Å². The molecule has 0 unspecified atom stereocenters. The van der Waals surface area contributed by atoms with E-state index in [0.29, 0.717) is 36.3 Å². The molecule has 0 radical (unpaired) electrons. The third kappa shape index (κ3) is 3.17. The summed E-state index contributed by atoms with van der Waals surface area (Å²) >= 11 is 0. The molecule has 154 valence electrons. The fourth-order valence-electron chi connectivity index (χ4n) is 3.98. The van der Waals surface area contributed by atoms with Crippen LogP contribution < -0.4 is 10.2 Å². The van der Waals surface area contributed by atoms with Gasteiger partial charge in [-0.3, -0.25) is 14.7 Å². The molecule has 1 fully saturated rings. The lowest BCUT2D eigenvalue weighted by Crippen LogP contribution is -2.24. The fourth-order valence-corrected chi connectivity index (χ4v) is 3.98. The summed E-state index contributed by atoms with van der Waals surface area (Å²) in [5.74, 6) is 1.80. The van der Waals surface area contributed by atoms with Crippen molar-refractivity contribution in [1.82, 2.24) is 30.0 Å². The Hall–Kier alpha value is -3.13. The number of hydrogen-bond donors (Lipinski definition) is 1. The minimum absolute atomic E-state index is 0.0124. The molecular formula is C22H25N7O. The number of fused-ring (bicyclic) bond motifs is 1. The van der Waals surface area contributed by atoms with Crippen LogP contribution in [0.25, 0.3) is 11.5 Å². The molecule has 4 heterocycles. The first-order valence-corrected chi connectivity index (χ1v) is 10.4. The van der Waals surface area contributed by atoms with Crippen LogP contribution in [-0.2, 0) is 13.1 Å². The Morgan fingerprint density at radius 3 is 2.80 bits per heavy atom. The lowest BCUT2D eigenvalue weighted by Gasteiger charge is -2.16. The van der Waals surface area contributed by atoms with Crippen LogP contribution in [-0.4, -0.2) is 37.7 Å². The molecule has 1 aliphatic carbocycles. The standard InChI is InChI=1S/C22H25N7O/c1-13(2)29-12-24-27-21(29)17-5-4-6-20(26-17)28-11-16-15(22(28)30)9-18(14-7-8-14)25-19(16)10-23-3/h4-6,9,12-14,23H,7-8,10-11H2,1-3H3. The average Bonchev–Trinajstić information content (AvgIpc) is 3.37. The number of carbonyl (C=O) groups is 1. The van der Waals surface area contributed by atoms with Crippen LogP contribution in [0.5, 0.6) is 0 Å². The van der Waals surface area contributed by atoms with E-state index in [4.69, 9.17) is 9.97 Å². The molecule has 0 spiro atoms. The van der Waals surface area contributed by atoms with E-state index in [2.05, 4.69) is 29.4 Å². The maximum Gasteiger partial charge on any atom is 0.260 e. The summed E-state index contributed by atoms with van der Waals surface area (Å²) < 4.78 is 1.98. The zero-order chi connectivity index (χ0) is 20.8. The highest BCUT2D eigenvalue weighted by Crippen LogP contribution is 2.41. The molecule has 30 heavy (non-hydrogen) atoms. The highest BCUT2D eigenvalue weighted by Gasteiger charge is 2.35. The van der Waals surface area contributed by atoms with Crippen molar-refractivity contribution in [3.8, 4) is 11.5 Å². The van der Waals surface area contributed by atoms with E-state index in [1.807, 2.05) is 35.9 Å². The van der Waals surface area contributed by atoms with Gasteiger partial charge in [-0.05, 0) is 51.9 Å². The Balaban J connectivity index is 1.52. The molecule has 0 saturated heterocycles. The van der Waals surface area contributed by atoms with Gasteiger partial charge in [-0.2, -0.15) is 0 Å². The third-order valence-electron chi connectivity index (χ3n) is 5.73. The quantitative estimate of drug-likeness (QED) is 0.680. The molecule has 8 heteroatoms. The molecule has 3 aromatic heterocycles. The van der Waals surface area contributed by atoms with Crippen LogP contribution in [0.4, 0.5) is 5.82 Å². The summed E-state index contributed by atoms with van der Waals surface area (Å²) in [5.41, 5.74) is 4.46. The second-order valence-electron chi connectivity index (χ2n) is 8.25. The third-order valence-corrected chi connectivity index (χ3v) is 5.73. The number of amides is 1. The zero-order valence-corrected chi connectivity index (χ0v) is 17.5. The molecule has 5 rings (SSSR count). The van der Waals surface area contributed by atoms with Crippen molar-refractivity contribution >= 4 is 11.7 Å². The Morgan fingerprint density at radius 1 is 1.23 bits per heavy atom. The summed E-state index contributed by atoms with van der Waals surface area (Å²) in [7, 11) is 1.91. The van der Waals surface area contributed by atoms with Crippen LogP contribution in [0, 0.1) is 0 Å². The SMILES string of the molecule is CNCc1nc(C2CC2)cc2c1CN(c1cccc(-c3nncn3C(C)C)n1)C2=O. The van der Waals surface area contributed by atoms with Gasteiger partial charge in [0, 0.05) is 35.3 Å². The van der Waals surface area contributed by atoms with Crippen LogP contribution in [0.3, 0.4) is 0 Å². The Kier molecular flexibility index (Phi) is 4.58. The number of nitrogens with zero attached hydrogens (tertiary/aromatic N) is 6. The van der Waals surface area contributed by atoms with Gasteiger partial charge in [0.15, 0.2) is 5.82 Å².